The van der Waals surface area contributed by atoms with Gasteiger partial charge < -0.3 is 9.64 Å². The third-order valence-electron chi connectivity index (χ3n) is 6.28. The molecule has 1 saturated heterocycles. The number of sulfonamides is 1. The normalized spacial score (nSPS) is 22.6. The minimum atomic E-state index is -3.56. The second-order valence-corrected chi connectivity index (χ2v) is 10.2. The quantitative estimate of drug-likeness (QED) is 0.708. The highest BCUT2D eigenvalue weighted by molar-refractivity contribution is 7.89. The molecule has 2 fully saturated rings. The Kier molecular flexibility index (Phi) is 7.22. The van der Waals surface area contributed by atoms with Crippen LogP contribution in [0.25, 0.3) is 0 Å². The molecule has 2 aromatic rings. The number of ether oxygens (including phenoxy) is 1. The van der Waals surface area contributed by atoms with Crippen LogP contribution in [0, 0.1) is 0 Å². The molecule has 0 bridgehead atoms. The fraction of sp³-hybridized carbons (Fsp3) is 0.522. The first kappa shape index (κ1) is 22.2. The Morgan fingerprint density at radius 2 is 1.77 bits per heavy atom. The smallest absolute Gasteiger partial charge is 0.242 e. The van der Waals surface area contributed by atoms with Crippen LogP contribution in [0.4, 0.5) is 5.82 Å². The Bertz CT molecular complexity index is 923. The number of hydrogen-bond donors (Lipinski definition) is 1. The van der Waals surface area contributed by atoms with E-state index in [1.165, 1.54) is 11.8 Å². The first-order valence-corrected chi connectivity index (χ1v) is 12.5. The van der Waals surface area contributed by atoms with Crippen LogP contribution in [0.2, 0.25) is 0 Å². The topological polar surface area (TPSA) is 74.8 Å². The zero-order chi connectivity index (χ0) is 21.7. The monoisotopic (exact) mass is 444 g/mol. The van der Waals surface area contributed by atoms with E-state index in [0.29, 0.717) is 19.3 Å². The van der Waals surface area contributed by atoms with Gasteiger partial charge in [-0.25, -0.2) is 18.1 Å². The molecule has 0 unspecified atom stereocenters. The minimum Gasteiger partial charge on any atom is -0.378 e. The number of nitrogens with one attached hydrogen (secondary N) is 1. The summed E-state index contributed by atoms with van der Waals surface area (Å²) in [7, 11) is -1.41. The number of aromatic nitrogens is 1. The molecule has 4 rings (SSSR count). The Hall–Kier alpha value is -2.00. The van der Waals surface area contributed by atoms with Gasteiger partial charge in [-0.3, -0.25) is 4.90 Å². The first-order valence-electron chi connectivity index (χ1n) is 11.1. The van der Waals surface area contributed by atoms with E-state index in [1.54, 1.807) is 12.1 Å². The molecule has 2 aliphatic rings. The SMILES string of the molecule is CN(Cc1ccccc1)C1CCC(NS(=O)(=O)c2ccc(N3CCOCC3)nc2)CC1. The van der Waals surface area contributed by atoms with Crippen molar-refractivity contribution in [1.29, 1.82) is 0 Å². The van der Waals surface area contributed by atoms with Crippen molar-refractivity contribution >= 4 is 15.8 Å². The molecule has 8 heteroatoms. The predicted octanol–water partition coefficient (Wildman–Crippen LogP) is 2.64. The highest BCUT2D eigenvalue weighted by Gasteiger charge is 2.28. The van der Waals surface area contributed by atoms with Crippen molar-refractivity contribution in [2.45, 2.75) is 49.2 Å². The van der Waals surface area contributed by atoms with Crippen molar-refractivity contribution in [3.8, 4) is 0 Å². The van der Waals surface area contributed by atoms with Gasteiger partial charge in [0.1, 0.15) is 10.7 Å². The van der Waals surface area contributed by atoms with Gasteiger partial charge >= 0.3 is 0 Å². The van der Waals surface area contributed by atoms with Crippen LogP contribution in [0.15, 0.2) is 53.6 Å². The molecule has 0 atom stereocenters. The summed E-state index contributed by atoms with van der Waals surface area (Å²) in [5, 5.41) is 0. The van der Waals surface area contributed by atoms with E-state index in [0.717, 1.165) is 51.1 Å². The van der Waals surface area contributed by atoms with Crippen molar-refractivity contribution in [2.75, 3.05) is 38.3 Å². The predicted molar refractivity (Wildman–Crippen MR) is 122 cm³/mol. The zero-order valence-corrected chi connectivity index (χ0v) is 18.9. The fourth-order valence-electron chi connectivity index (χ4n) is 4.43. The highest BCUT2D eigenvalue weighted by atomic mass is 32.2. The van der Waals surface area contributed by atoms with E-state index in [9.17, 15) is 8.42 Å². The van der Waals surface area contributed by atoms with Crippen LogP contribution in [0.1, 0.15) is 31.2 Å². The minimum absolute atomic E-state index is 0.0229. The average Bonchev–Trinajstić information content (AvgIpc) is 2.81. The second-order valence-electron chi connectivity index (χ2n) is 8.48. The van der Waals surface area contributed by atoms with Crippen LogP contribution in [0.5, 0.6) is 0 Å². The van der Waals surface area contributed by atoms with Crippen LogP contribution in [-0.4, -0.2) is 63.7 Å². The lowest BCUT2D eigenvalue weighted by Crippen LogP contribution is -2.42. The molecule has 0 amide bonds. The summed E-state index contributed by atoms with van der Waals surface area (Å²) in [5.74, 6) is 0.796. The van der Waals surface area contributed by atoms with E-state index >= 15 is 0 Å². The maximum atomic E-state index is 12.8. The largest absolute Gasteiger partial charge is 0.378 e. The molecule has 7 nitrogen and oxygen atoms in total. The molecule has 1 saturated carbocycles. The van der Waals surface area contributed by atoms with Gasteiger partial charge in [0.2, 0.25) is 10.0 Å². The van der Waals surface area contributed by atoms with Crippen LogP contribution < -0.4 is 9.62 Å². The standard InChI is InChI=1S/C23H32N4O3S/c1-26(18-19-5-3-2-4-6-19)21-9-7-20(8-10-21)25-31(28,29)22-11-12-23(24-17-22)27-13-15-30-16-14-27/h2-6,11-12,17,20-21,25H,7-10,13-16,18H2,1H3. The molecule has 168 valence electrons. The van der Waals surface area contributed by atoms with Crippen LogP contribution >= 0.6 is 0 Å². The van der Waals surface area contributed by atoms with Gasteiger partial charge in [-0.05, 0) is 50.4 Å². The number of hydrogen-bond acceptors (Lipinski definition) is 6. The number of pyridine rings is 1. The molecule has 1 aromatic carbocycles. The van der Waals surface area contributed by atoms with E-state index in [2.05, 4.69) is 50.8 Å². The van der Waals surface area contributed by atoms with Gasteiger partial charge in [-0.2, -0.15) is 0 Å². The molecule has 1 aliphatic heterocycles. The summed E-state index contributed by atoms with van der Waals surface area (Å²) in [4.78, 5) is 9.11. The molecule has 2 heterocycles. The second kappa shape index (κ2) is 10.1. The van der Waals surface area contributed by atoms with E-state index in [4.69, 9.17) is 4.74 Å². The Balaban J connectivity index is 1.29. The fourth-order valence-corrected chi connectivity index (χ4v) is 5.68. The molecule has 31 heavy (non-hydrogen) atoms. The Labute approximate surface area is 185 Å². The van der Waals surface area contributed by atoms with Gasteiger partial charge in [-0.15, -0.1) is 0 Å². The summed E-state index contributed by atoms with van der Waals surface area (Å²) in [6, 6.07) is 14.4. The lowest BCUT2D eigenvalue weighted by Gasteiger charge is -2.35. The number of nitrogens with zero attached hydrogens (tertiary/aromatic N) is 3. The summed E-state index contributed by atoms with van der Waals surface area (Å²) in [6.07, 6.45) is 5.15. The van der Waals surface area contributed by atoms with Gasteiger partial charge in [0.25, 0.3) is 0 Å². The molecule has 0 spiro atoms. The first-order chi connectivity index (χ1) is 15.0. The third-order valence-corrected chi connectivity index (χ3v) is 7.79. The van der Waals surface area contributed by atoms with Crippen molar-refractivity contribution < 1.29 is 13.2 Å². The number of anilines is 1. The molecular formula is C23H32N4O3S. The highest BCUT2D eigenvalue weighted by Crippen LogP contribution is 2.25. The zero-order valence-electron chi connectivity index (χ0n) is 18.1. The van der Waals surface area contributed by atoms with Crippen LogP contribution in [0.3, 0.4) is 0 Å². The maximum absolute atomic E-state index is 12.8. The van der Waals surface area contributed by atoms with Gasteiger partial charge in [-0.1, -0.05) is 30.3 Å². The summed E-state index contributed by atoms with van der Waals surface area (Å²) >= 11 is 0. The third kappa shape index (κ3) is 5.83. The number of morpholine rings is 1. The van der Waals surface area contributed by atoms with Crippen molar-refractivity contribution in [2.24, 2.45) is 0 Å². The molecular weight excluding hydrogens is 412 g/mol. The van der Waals surface area contributed by atoms with Gasteiger partial charge in [0.15, 0.2) is 0 Å². The molecule has 0 radical (unpaired) electrons. The van der Waals surface area contributed by atoms with E-state index < -0.39 is 10.0 Å². The van der Waals surface area contributed by atoms with Crippen molar-refractivity contribution in [1.82, 2.24) is 14.6 Å². The lowest BCUT2D eigenvalue weighted by atomic mass is 9.91. The van der Waals surface area contributed by atoms with Crippen LogP contribution in [-0.2, 0) is 21.3 Å². The van der Waals surface area contributed by atoms with Crippen molar-refractivity contribution in [3.05, 3.63) is 54.2 Å². The van der Waals surface area contributed by atoms with E-state index in [-0.39, 0.29) is 10.9 Å². The Morgan fingerprint density at radius 3 is 2.42 bits per heavy atom. The summed E-state index contributed by atoms with van der Waals surface area (Å²) in [6.45, 7) is 3.82. The Morgan fingerprint density at radius 1 is 1.06 bits per heavy atom. The molecule has 1 aliphatic carbocycles. The van der Waals surface area contributed by atoms with E-state index in [1.807, 2.05) is 6.07 Å². The van der Waals surface area contributed by atoms with Crippen molar-refractivity contribution in [3.63, 3.8) is 0 Å². The number of rotatable bonds is 7. The van der Waals surface area contributed by atoms with Gasteiger partial charge in [0.05, 0.1) is 13.2 Å². The van der Waals surface area contributed by atoms with Gasteiger partial charge in [0, 0.05) is 37.9 Å². The average molecular weight is 445 g/mol. The summed E-state index contributed by atoms with van der Waals surface area (Å²) in [5.41, 5.74) is 1.31. The molecule has 1 N–H and O–H groups in total. The maximum Gasteiger partial charge on any atom is 0.242 e. The summed E-state index contributed by atoms with van der Waals surface area (Å²) < 4.78 is 34.0. The lowest BCUT2D eigenvalue weighted by molar-refractivity contribution is 0.122. The number of benzene rings is 1. The molecule has 1 aromatic heterocycles.